The summed E-state index contributed by atoms with van der Waals surface area (Å²) in [6, 6.07) is 14.2. The van der Waals surface area contributed by atoms with Gasteiger partial charge in [-0.25, -0.2) is 34.7 Å². The molecule has 45 heavy (non-hydrogen) atoms. The van der Waals surface area contributed by atoms with Crippen LogP contribution in [0.4, 0.5) is 22.2 Å². The number of primary amides is 1. The second-order valence-electron chi connectivity index (χ2n) is 8.30. The molecule has 6 aromatic heterocycles. The van der Waals surface area contributed by atoms with Crippen molar-refractivity contribution in [2.24, 2.45) is 5.73 Å². The number of rotatable bonds is 9. The summed E-state index contributed by atoms with van der Waals surface area (Å²) >= 11 is 2.32. The van der Waals surface area contributed by atoms with E-state index in [2.05, 4.69) is 50.5 Å². The Morgan fingerprint density at radius 3 is 1.56 bits per heavy atom. The minimum atomic E-state index is -0.546. The molecule has 0 bridgehead atoms. The van der Waals surface area contributed by atoms with E-state index in [1.54, 1.807) is 80.5 Å². The zero-order valence-corrected chi connectivity index (χ0v) is 25.8. The van der Waals surface area contributed by atoms with Crippen LogP contribution >= 0.6 is 35.1 Å². The van der Waals surface area contributed by atoms with Gasteiger partial charge in [0.2, 0.25) is 11.9 Å². The summed E-state index contributed by atoms with van der Waals surface area (Å²) in [5.74, 6) is -0.165. The minimum absolute atomic E-state index is 0. The highest BCUT2D eigenvalue weighted by atomic mass is 35.5. The first-order chi connectivity index (χ1) is 21.5. The Morgan fingerprint density at radius 1 is 0.689 bits per heavy atom. The van der Waals surface area contributed by atoms with Gasteiger partial charge in [-0.15, -0.1) is 12.4 Å². The molecule has 0 fully saturated rings. The summed E-state index contributed by atoms with van der Waals surface area (Å²) in [4.78, 5) is 58.0. The summed E-state index contributed by atoms with van der Waals surface area (Å²) in [5.41, 5.74) is 7.53. The minimum Gasteiger partial charge on any atom is -0.462 e. The second kappa shape index (κ2) is 15.9. The molecule has 0 aliphatic heterocycles. The number of ether oxygens (including phenoxy) is 1. The number of hydrogen-bond acceptors (Lipinski definition) is 15. The van der Waals surface area contributed by atoms with Crippen molar-refractivity contribution >= 4 is 69.1 Å². The number of nitrogens with two attached hydrogens (primary N) is 1. The molecule has 1 amide bonds. The van der Waals surface area contributed by atoms with Crippen LogP contribution in [0.1, 0.15) is 26.3 Å². The van der Waals surface area contributed by atoms with Gasteiger partial charge in [0.05, 0.1) is 18.0 Å². The predicted octanol–water partition coefficient (Wildman–Crippen LogP) is 5.17. The lowest BCUT2D eigenvalue weighted by atomic mass is 10.2. The fourth-order valence-electron chi connectivity index (χ4n) is 3.52. The summed E-state index contributed by atoms with van der Waals surface area (Å²) in [6.45, 7) is 2.05. The highest BCUT2D eigenvalue weighted by molar-refractivity contribution is 7.18. The number of nitrogens with zero attached hydrogens (tertiary/aromatic N) is 8. The molecule has 0 aliphatic carbocycles. The van der Waals surface area contributed by atoms with Gasteiger partial charge in [0, 0.05) is 37.2 Å². The zero-order chi connectivity index (χ0) is 30.7. The Balaban J connectivity index is 0.000000201. The fourth-order valence-corrected chi connectivity index (χ4v) is 5.20. The number of hydrogen-bond donors (Lipinski definition) is 3. The van der Waals surface area contributed by atoms with Gasteiger partial charge in [-0.2, -0.15) is 0 Å². The van der Waals surface area contributed by atoms with E-state index in [0.717, 1.165) is 11.3 Å². The van der Waals surface area contributed by atoms with Crippen LogP contribution in [0.2, 0.25) is 0 Å². The molecule has 6 rings (SSSR count). The molecule has 0 saturated carbocycles. The number of anilines is 4. The molecule has 0 unspecified atom stereocenters. The molecule has 0 radical (unpaired) electrons. The van der Waals surface area contributed by atoms with Gasteiger partial charge in [0.25, 0.3) is 5.91 Å². The van der Waals surface area contributed by atoms with E-state index in [1.807, 2.05) is 12.1 Å². The molecule has 0 saturated heterocycles. The van der Waals surface area contributed by atoms with Crippen LogP contribution in [-0.2, 0) is 4.74 Å². The lowest BCUT2D eigenvalue weighted by Crippen LogP contribution is -2.10. The Kier molecular flexibility index (Phi) is 11.4. The third kappa shape index (κ3) is 8.56. The average molecular weight is 662 g/mol. The fraction of sp³-hybridized carbons (Fsp3) is 0.0714. The largest absolute Gasteiger partial charge is 0.462 e. The Bertz CT molecular complexity index is 1830. The molecule has 0 spiro atoms. The maximum Gasteiger partial charge on any atom is 0.350 e. The first kappa shape index (κ1) is 32.5. The van der Waals surface area contributed by atoms with Gasteiger partial charge in [-0.1, -0.05) is 34.8 Å². The average Bonchev–Trinajstić information content (AvgIpc) is 3.68. The molecule has 0 atom stereocenters. The first-order valence-corrected chi connectivity index (χ1v) is 14.5. The van der Waals surface area contributed by atoms with Gasteiger partial charge < -0.3 is 21.1 Å². The van der Waals surface area contributed by atoms with Gasteiger partial charge >= 0.3 is 5.97 Å². The molecule has 4 N–H and O–H groups in total. The number of thiazole rings is 2. The van der Waals surface area contributed by atoms with Crippen LogP contribution < -0.4 is 16.4 Å². The summed E-state index contributed by atoms with van der Waals surface area (Å²) in [7, 11) is 0. The van der Waals surface area contributed by atoms with Gasteiger partial charge in [0.15, 0.2) is 10.3 Å². The third-order valence-corrected chi connectivity index (χ3v) is 7.26. The predicted molar refractivity (Wildman–Crippen MR) is 173 cm³/mol. The smallest absolute Gasteiger partial charge is 0.350 e. The molecule has 6 aromatic rings. The van der Waals surface area contributed by atoms with Crippen LogP contribution in [0.3, 0.4) is 0 Å². The van der Waals surface area contributed by atoms with Crippen molar-refractivity contribution in [3.63, 3.8) is 0 Å². The summed E-state index contributed by atoms with van der Waals surface area (Å²) in [6.07, 6.45) is 9.74. The van der Waals surface area contributed by atoms with E-state index in [-0.39, 0.29) is 12.4 Å². The highest BCUT2D eigenvalue weighted by Crippen LogP contribution is 2.32. The van der Waals surface area contributed by atoms with E-state index in [0.29, 0.717) is 61.3 Å². The zero-order valence-electron chi connectivity index (χ0n) is 23.4. The lowest BCUT2D eigenvalue weighted by Gasteiger charge is -2.01. The maximum absolute atomic E-state index is 12.2. The number of aromatic nitrogens is 8. The molecular weight excluding hydrogens is 638 g/mol. The lowest BCUT2D eigenvalue weighted by molar-refractivity contribution is 0.0532. The number of pyridine rings is 2. The molecule has 0 aliphatic rings. The topological polar surface area (TPSA) is 197 Å². The van der Waals surface area contributed by atoms with Crippen LogP contribution in [0.25, 0.3) is 22.8 Å². The quantitative estimate of drug-likeness (QED) is 0.172. The SMILES string of the molecule is CCOC(=O)c1sc(Nc2ncccn2)nc1-c1ccccn1.Cl.NC(=O)c1sc(Nc2ncccn2)nc1-c1ccccn1. The number of nitrogens with one attached hydrogen (secondary N) is 2. The normalized spacial score (nSPS) is 10.1. The van der Waals surface area contributed by atoms with Crippen LogP contribution in [0.15, 0.2) is 85.7 Å². The van der Waals surface area contributed by atoms with E-state index >= 15 is 0 Å². The van der Waals surface area contributed by atoms with Crippen LogP contribution in [0.5, 0.6) is 0 Å². The Morgan fingerprint density at radius 2 is 1.13 bits per heavy atom. The van der Waals surface area contributed by atoms with Crippen molar-refractivity contribution in [2.45, 2.75) is 6.92 Å². The van der Waals surface area contributed by atoms with E-state index < -0.39 is 11.9 Å². The van der Waals surface area contributed by atoms with Gasteiger partial charge in [-0.3, -0.25) is 14.8 Å². The van der Waals surface area contributed by atoms with Crippen molar-refractivity contribution in [2.75, 3.05) is 17.2 Å². The van der Waals surface area contributed by atoms with Crippen molar-refractivity contribution in [1.82, 2.24) is 39.9 Å². The van der Waals surface area contributed by atoms with Crippen molar-refractivity contribution in [3.05, 3.63) is 95.5 Å². The monoisotopic (exact) mass is 661 g/mol. The standard InChI is InChI=1S/C15H13N5O2S.C13H10N6OS.ClH/c1-2-22-13(21)12-11(10-6-3-4-7-16-10)19-15(23-12)20-14-17-8-5-9-18-14;14-11(20)10-9(8-4-1-2-5-15-8)18-13(21-10)19-12-16-6-3-7-17-12;/h3-9H,2H2,1H3,(H,17,18,19,20);1-7H,(H2,14,20)(H,16,17,18,19);1H. The van der Waals surface area contributed by atoms with E-state index in [1.165, 1.54) is 11.3 Å². The maximum atomic E-state index is 12.2. The number of carbonyl (C=O) groups excluding carboxylic acids is 2. The summed E-state index contributed by atoms with van der Waals surface area (Å²) in [5, 5.41) is 6.90. The number of carbonyl (C=O) groups is 2. The molecule has 228 valence electrons. The molecule has 0 aromatic carbocycles. The number of halogens is 1. The van der Waals surface area contributed by atoms with Gasteiger partial charge in [0.1, 0.15) is 21.1 Å². The van der Waals surface area contributed by atoms with Crippen LogP contribution in [-0.4, -0.2) is 58.4 Å². The van der Waals surface area contributed by atoms with Crippen molar-refractivity contribution in [3.8, 4) is 22.8 Å². The van der Waals surface area contributed by atoms with Gasteiger partial charge in [-0.05, 0) is 43.3 Å². The first-order valence-electron chi connectivity index (χ1n) is 12.9. The Hall–Kier alpha value is -5.45. The second-order valence-corrected chi connectivity index (χ2v) is 10.3. The molecular formula is C28H24ClN11O3S2. The highest BCUT2D eigenvalue weighted by Gasteiger charge is 2.22. The van der Waals surface area contributed by atoms with E-state index in [4.69, 9.17) is 10.5 Å². The molecule has 6 heterocycles. The third-order valence-electron chi connectivity index (χ3n) is 5.32. The van der Waals surface area contributed by atoms with Crippen LogP contribution in [0, 0.1) is 0 Å². The summed E-state index contributed by atoms with van der Waals surface area (Å²) < 4.78 is 5.10. The molecule has 17 heteroatoms. The number of esters is 1. The number of amides is 1. The van der Waals surface area contributed by atoms with Crippen molar-refractivity contribution in [1.29, 1.82) is 0 Å². The Labute approximate surface area is 270 Å². The van der Waals surface area contributed by atoms with E-state index in [9.17, 15) is 9.59 Å². The van der Waals surface area contributed by atoms with Crippen molar-refractivity contribution < 1.29 is 14.3 Å². The molecule has 14 nitrogen and oxygen atoms in total.